The van der Waals surface area contributed by atoms with E-state index in [9.17, 15) is 22.0 Å². The van der Waals surface area contributed by atoms with Gasteiger partial charge in [0.15, 0.2) is 15.7 Å². The standard InChI is InChI=1S/C26H30F3N5O5S/c1-3-19(16-5-4-6-18(21(16)27)26(28,29)14-35)30-23-17-13-20(25(39-2)9-11-40(37,38)12-10-25)31-32-22(17)24(36)34(33-23)15-7-8-15/h3-6,13,15,19,31-32,35H,1,7-12,14H2,2H3,(H,30,33)/t19-/m1/s1. The number of rotatable bonds is 9. The molecule has 0 radical (unpaired) electrons. The van der Waals surface area contributed by atoms with E-state index in [-0.39, 0.29) is 47.5 Å². The summed E-state index contributed by atoms with van der Waals surface area (Å²) >= 11 is 0. The topological polar surface area (TPSA) is 135 Å². The third-order valence-electron chi connectivity index (χ3n) is 7.66. The number of halogens is 3. The number of hydrogen-bond donors (Lipinski definition) is 4. The van der Waals surface area contributed by atoms with E-state index in [0.29, 0.717) is 11.3 Å². The van der Waals surface area contributed by atoms with Crippen molar-refractivity contribution in [2.75, 3.05) is 36.0 Å². The van der Waals surface area contributed by atoms with E-state index in [4.69, 9.17) is 9.84 Å². The lowest BCUT2D eigenvalue weighted by atomic mass is 9.90. The number of ether oxygens (including phenoxy) is 1. The van der Waals surface area contributed by atoms with Crippen LogP contribution < -0.4 is 21.7 Å². The van der Waals surface area contributed by atoms with E-state index in [1.807, 2.05) is 0 Å². The second-order valence-electron chi connectivity index (χ2n) is 10.2. The Morgan fingerprint density at radius 1 is 1.32 bits per heavy atom. The molecule has 5 rings (SSSR count). The zero-order chi connectivity index (χ0) is 28.9. The van der Waals surface area contributed by atoms with Gasteiger partial charge in [0.1, 0.15) is 23.7 Å². The van der Waals surface area contributed by atoms with Gasteiger partial charge in [0.2, 0.25) is 0 Å². The molecule has 1 aromatic heterocycles. The van der Waals surface area contributed by atoms with Crippen LogP contribution in [0.15, 0.2) is 41.3 Å². The summed E-state index contributed by atoms with van der Waals surface area (Å²) in [5, 5.41) is 16.6. The molecule has 1 atom stereocenters. The minimum absolute atomic E-state index is 0.0774. The molecular weight excluding hydrogens is 551 g/mol. The van der Waals surface area contributed by atoms with Crippen LogP contribution in [-0.4, -0.2) is 54.1 Å². The predicted molar refractivity (Wildman–Crippen MR) is 143 cm³/mol. The number of nitrogens with one attached hydrogen (secondary N) is 3. The smallest absolute Gasteiger partial charge is 0.298 e. The molecule has 1 saturated carbocycles. The molecule has 0 unspecified atom stereocenters. The molecule has 14 heteroatoms. The van der Waals surface area contributed by atoms with Gasteiger partial charge in [-0.25, -0.2) is 17.5 Å². The number of hydrogen-bond acceptors (Lipinski definition) is 9. The fourth-order valence-electron chi connectivity index (χ4n) is 5.07. The van der Waals surface area contributed by atoms with Crippen LogP contribution in [-0.2, 0) is 20.5 Å². The van der Waals surface area contributed by atoms with Gasteiger partial charge in [-0.1, -0.05) is 18.2 Å². The number of sulfone groups is 1. The number of nitrogens with zero attached hydrogens (tertiary/aromatic N) is 2. The first kappa shape index (κ1) is 28.2. The summed E-state index contributed by atoms with van der Waals surface area (Å²) in [7, 11) is -1.73. The summed E-state index contributed by atoms with van der Waals surface area (Å²) in [6, 6.07) is 2.32. The lowest BCUT2D eigenvalue weighted by Crippen LogP contribution is -2.49. The van der Waals surface area contributed by atoms with E-state index >= 15 is 4.39 Å². The summed E-state index contributed by atoms with van der Waals surface area (Å²) in [6.45, 7) is 2.17. The van der Waals surface area contributed by atoms with Crippen molar-refractivity contribution < 1.29 is 31.4 Å². The average molecular weight is 582 g/mol. The Hall–Kier alpha value is -3.36. The van der Waals surface area contributed by atoms with Crippen LogP contribution in [0.4, 0.5) is 24.7 Å². The van der Waals surface area contributed by atoms with Crippen molar-refractivity contribution in [2.45, 2.75) is 49.3 Å². The van der Waals surface area contributed by atoms with E-state index < -0.39 is 50.9 Å². The molecule has 0 bridgehead atoms. The highest BCUT2D eigenvalue weighted by atomic mass is 32.2. The first-order chi connectivity index (χ1) is 18.9. The predicted octanol–water partition coefficient (Wildman–Crippen LogP) is 3.01. The van der Waals surface area contributed by atoms with Crippen LogP contribution in [0, 0.1) is 5.82 Å². The van der Waals surface area contributed by atoms with Crippen LogP contribution in [0.5, 0.6) is 0 Å². The third kappa shape index (κ3) is 4.99. The second-order valence-corrected chi connectivity index (χ2v) is 12.5. The minimum atomic E-state index is -3.79. The molecule has 3 heterocycles. The summed E-state index contributed by atoms with van der Waals surface area (Å²) in [5.41, 5.74) is 4.37. The van der Waals surface area contributed by atoms with E-state index in [1.165, 1.54) is 30.0 Å². The molecular formula is C26H30F3N5O5S. The summed E-state index contributed by atoms with van der Waals surface area (Å²) in [5.74, 6) is -5.00. The molecule has 2 aromatic rings. The van der Waals surface area contributed by atoms with Crippen molar-refractivity contribution in [3.05, 3.63) is 69.4 Å². The molecule has 2 aliphatic heterocycles. The van der Waals surface area contributed by atoms with Gasteiger partial charge < -0.3 is 20.6 Å². The number of fused-ring (bicyclic) bond motifs is 1. The molecule has 10 nitrogen and oxygen atoms in total. The van der Waals surface area contributed by atoms with Gasteiger partial charge in [-0.2, -0.15) is 13.9 Å². The molecule has 3 aliphatic rings. The molecule has 0 spiro atoms. The van der Waals surface area contributed by atoms with Crippen molar-refractivity contribution in [1.29, 1.82) is 0 Å². The maximum atomic E-state index is 15.3. The average Bonchev–Trinajstić information content (AvgIpc) is 3.79. The quantitative estimate of drug-likeness (QED) is 0.330. The number of alkyl halides is 2. The summed E-state index contributed by atoms with van der Waals surface area (Å²) in [6.07, 6.45) is 4.82. The molecule has 1 aromatic carbocycles. The number of anilines is 2. The number of aliphatic hydroxyl groups excluding tert-OH is 1. The molecule has 216 valence electrons. The van der Waals surface area contributed by atoms with Crippen LogP contribution >= 0.6 is 0 Å². The highest BCUT2D eigenvalue weighted by Crippen LogP contribution is 2.40. The van der Waals surface area contributed by atoms with Crippen molar-refractivity contribution in [3.63, 3.8) is 0 Å². The number of hydrazine groups is 1. The van der Waals surface area contributed by atoms with Crippen molar-refractivity contribution in [2.24, 2.45) is 0 Å². The second kappa shape index (κ2) is 10.2. The number of methoxy groups -OCH3 is 1. The Balaban J connectivity index is 1.59. The van der Waals surface area contributed by atoms with Gasteiger partial charge in [0.25, 0.3) is 11.5 Å². The number of benzene rings is 1. The van der Waals surface area contributed by atoms with Gasteiger partial charge in [-0.15, -0.1) is 6.58 Å². The Morgan fingerprint density at radius 2 is 2.02 bits per heavy atom. The molecule has 1 aliphatic carbocycles. The zero-order valence-corrected chi connectivity index (χ0v) is 22.5. The van der Waals surface area contributed by atoms with Gasteiger partial charge in [0, 0.05) is 12.7 Å². The Bertz CT molecular complexity index is 1520. The summed E-state index contributed by atoms with van der Waals surface area (Å²) < 4.78 is 75.0. The largest absolute Gasteiger partial charge is 0.390 e. The molecule has 0 amide bonds. The first-order valence-corrected chi connectivity index (χ1v) is 14.6. The Kier molecular flexibility index (Phi) is 7.21. The maximum absolute atomic E-state index is 15.3. The SMILES string of the molecule is C=C[C@@H](Nc1nn(C2CC2)c(=O)c2c1C=C(C1(OC)CCS(=O)(=O)CC1)NN2)c1cccc(C(F)(F)CO)c1F. The van der Waals surface area contributed by atoms with Gasteiger partial charge in [0.05, 0.1) is 40.4 Å². The number of aliphatic hydroxyl groups is 1. The van der Waals surface area contributed by atoms with Crippen molar-refractivity contribution in [1.82, 2.24) is 15.2 Å². The van der Waals surface area contributed by atoms with Gasteiger partial charge >= 0.3 is 0 Å². The zero-order valence-electron chi connectivity index (χ0n) is 21.7. The van der Waals surface area contributed by atoms with Crippen molar-refractivity contribution in [3.8, 4) is 0 Å². The monoisotopic (exact) mass is 581 g/mol. The summed E-state index contributed by atoms with van der Waals surface area (Å²) in [4.78, 5) is 13.3. The Labute approximate surface area is 228 Å². The lowest BCUT2D eigenvalue weighted by molar-refractivity contribution is -0.0583. The van der Waals surface area contributed by atoms with Gasteiger partial charge in [-0.05, 0) is 37.8 Å². The van der Waals surface area contributed by atoms with E-state index in [0.717, 1.165) is 18.9 Å². The van der Waals surface area contributed by atoms with Crippen LogP contribution in [0.3, 0.4) is 0 Å². The number of aromatic nitrogens is 2. The minimum Gasteiger partial charge on any atom is -0.390 e. The lowest BCUT2D eigenvalue weighted by Gasteiger charge is -2.39. The molecule has 40 heavy (non-hydrogen) atoms. The fraction of sp³-hybridized carbons (Fsp3) is 0.462. The van der Waals surface area contributed by atoms with Gasteiger partial charge in [-0.3, -0.25) is 10.2 Å². The maximum Gasteiger partial charge on any atom is 0.298 e. The first-order valence-electron chi connectivity index (χ1n) is 12.8. The molecule has 1 saturated heterocycles. The van der Waals surface area contributed by atoms with E-state index in [1.54, 1.807) is 6.08 Å². The van der Waals surface area contributed by atoms with Crippen LogP contribution in [0.2, 0.25) is 0 Å². The normalized spacial score (nSPS) is 20.4. The highest BCUT2D eigenvalue weighted by molar-refractivity contribution is 7.91. The molecule has 2 fully saturated rings. The third-order valence-corrected chi connectivity index (χ3v) is 9.31. The van der Waals surface area contributed by atoms with E-state index in [2.05, 4.69) is 27.8 Å². The van der Waals surface area contributed by atoms with Crippen LogP contribution in [0.25, 0.3) is 6.08 Å². The highest BCUT2D eigenvalue weighted by Gasteiger charge is 2.43. The fourth-order valence-corrected chi connectivity index (χ4v) is 6.55. The Morgan fingerprint density at radius 3 is 2.62 bits per heavy atom. The van der Waals surface area contributed by atoms with Crippen molar-refractivity contribution >= 4 is 27.4 Å². The molecule has 4 N–H and O–H groups in total. The van der Waals surface area contributed by atoms with Crippen LogP contribution in [0.1, 0.15) is 54.5 Å².